The second-order valence-electron chi connectivity index (χ2n) is 15.8. The second kappa shape index (κ2) is 19.7. The molecule has 2 heterocycles. The molecule has 0 spiro atoms. The quantitative estimate of drug-likeness (QED) is 0.155. The smallest absolute Gasteiger partial charge is 0.245 e. The fraction of sp³-hybridized carbons (Fsp3) is 0.744. The zero-order valence-corrected chi connectivity index (χ0v) is 33.9. The zero-order valence-electron chi connectivity index (χ0n) is 32.9. The van der Waals surface area contributed by atoms with Crippen molar-refractivity contribution in [1.82, 2.24) is 25.8 Å². The molecule has 4 rings (SSSR count). The van der Waals surface area contributed by atoms with Gasteiger partial charge in [0, 0.05) is 40.3 Å². The minimum atomic E-state index is -3.09. The molecule has 12 atom stereocenters. The van der Waals surface area contributed by atoms with Crippen LogP contribution in [-0.2, 0) is 39.6 Å². The van der Waals surface area contributed by atoms with Gasteiger partial charge in [-0.2, -0.15) is 0 Å². The van der Waals surface area contributed by atoms with Crippen LogP contribution < -0.4 is 16.0 Å². The second-order valence-corrected chi connectivity index (χ2v) is 17.2. The van der Waals surface area contributed by atoms with Crippen LogP contribution in [0.2, 0.25) is 0 Å². The first-order chi connectivity index (χ1) is 25.2. The van der Waals surface area contributed by atoms with Crippen molar-refractivity contribution in [3.05, 3.63) is 35.9 Å². The Hall–Kier alpha value is -2.83. The molecule has 2 saturated heterocycles. The highest BCUT2D eigenvalue weighted by Gasteiger charge is 2.46. The summed E-state index contributed by atoms with van der Waals surface area (Å²) in [6.07, 6.45) is 4.13. The summed E-state index contributed by atoms with van der Waals surface area (Å²) < 4.78 is 24.2. The Bertz CT molecular complexity index is 1420. The molecular weight excluding hydrogens is 697 g/mol. The Morgan fingerprint density at radius 1 is 1.04 bits per heavy atom. The number of ether oxygens (including phenoxy) is 2. The number of hydrogen-bond acceptors (Lipinski definition) is 8. The van der Waals surface area contributed by atoms with E-state index >= 15 is 0 Å². The number of nitrogens with zero attached hydrogens (tertiary/aromatic N) is 2. The number of likely N-dealkylation sites (N-methyl/N-ethyl adjacent to an activating group) is 1. The molecule has 53 heavy (non-hydrogen) atoms. The molecule has 14 heteroatoms. The summed E-state index contributed by atoms with van der Waals surface area (Å²) in [4.78, 5) is 68.8. The molecule has 4 N–H and O–H groups in total. The van der Waals surface area contributed by atoms with Crippen molar-refractivity contribution in [1.29, 1.82) is 0 Å². The number of rotatable bonds is 19. The Balaban J connectivity index is 1.45. The van der Waals surface area contributed by atoms with E-state index in [1.54, 1.807) is 30.9 Å². The van der Waals surface area contributed by atoms with E-state index in [1.807, 2.05) is 58.0 Å². The molecule has 1 saturated carbocycles. The fourth-order valence-corrected chi connectivity index (χ4v) is 9.46. The number of carbonyl (C=O) groups is 4. The third kappa shape index (κ3) is 10.5. The molecule has 0 radical (unpaired) electrons. The molecule has 3 fully saturated rings. The summed E-state index contributed by atoms with van der Waals surface area (Å²) in [5, 5.41) is 9.26. The average molecular weight is 762 g/mol. The highest BCUT2D eigenvalue weighted by atomic mass is 31.1. The van der Waals surface area contributed by atoms with Crippen LogP contribution in [-0.4, -0.2) is 114 Å². The van der Waals surface area contributed by atoms with E-state index in [1.165, 1.54) is 7.11 Å². The van der Waals surface area contributed by atoms with Crippen LogP contribution in [0.3, 0.4) is 0 Å². The van der Waals surface area contributed by atoms with Crippen LogP contribution in [0, 0.1) is 23.7 Å². The van der Waals surface area contributed by atoms with E-state index in [0.29, 0.717) is 24.9 Å². The van der Waals surface area contributed by atoms with Crippen molar-refractivity contribution < 1.29 is 38.1 Å². The molecule has 2 aliphatic heterocycles. The molecule has 1 aromatic rings. The number of likely N-dealkylation sites (tertiary alicyclic amines) is 1. The predicted molar refractivity (Wildman–Crippen MR) is 204 cm³/mol. The first-order valence-electron chi connectivity index (χ1n) is 19.5. The lowest BCUT2D eigenvalue weighted by Crippen LogP contribution is -2.59. The average Bonchev–Trinajstić information content (AvgIpc) is 3.92. The summed E-state index contributed by atoms with van der Waals surface area (Å²) in [6, 6.07) is 7.74. The predicted octanol–water partition coefficient (Wildman–Crippen LogP) is 3.34. The van der Waals surface area contributed by atoms with Crippen molar-refractivity contribution in [3.8, 4) is 0 Å². The van der Waals surface area contributed by atoms with Crippen LogP contribution in [0.4, 0.5) is 0 Å². The molecular formula is C39H64N5O8P. The molecule has 3 aliphatic rings. The Morgan fingerprint density at radius 3 is 2.28 bits per heavy atom. The number of hydrogen-bond donors (Lipinski definition) is 4. The minimum Gasteiger partial charge on any atom is -0.379 e. The summed E-state index contributed by atoms with van der Waals surface area (Å²) in [7, 11) is 1.71. The van der Waals surface area contributed by atoms with Gasteiger partial charge >= 0.3 is 0 Å². The SMILES string of the molecule is CC[C@H](C)[C@@H]([C@@H](CC(=O)N1CCC[C@H]1[C@H](OC)[C@@H](C)C(=O)N[C@@H](Cc1ccccc1)[PH](=O)O)OC)N(C)C(=O)[C@@H](NC(=O)[C@H]1N[C@@H]2CC[C@H]1C2)C(C)C. The maximum absolute atomic E-state index is 14.2. The molecule has 4 amide bonds. The van der Waals surface area contributed by atoms with Gasteiger partial charge in [0.05, 0.1) is 42.7 Å². The van der Waals surface area contributed by atoms with Crippen LogP contribution in [0.5, 0.6) is 0 Å². The third-order valence-corrected chi connectivity index (χ3v) is 13.0. The van der Waals surface area contributed by atoms with Crippen LogP contribution >= 0.6 is 8.03 Å². The zero-order chi connectivity index (χ0) is 39.0. The molecule has 0 aromatic heterocycles. The number of fused-ring (bicyclic) bond motifs is 2. The van der Waals surface area contributed by atoms with Gasteiger partial charge in [0.2, 0.25) is 31.7 Å². The largest absolute Gasteiger partial charge is 0.379 e. The van der Waals surface area contributed by atoms with Gasteiger partial charge in [0.25, 0.3) is 0 Å². The third-order valence-electron chi connectivity index (χ3n) is 12.0. The standard InChI is InChI=1S/C39H64N5O8P/c1-9-24(4)35(43(6)39(48)33(23(2)3)42-38(47)34-27-17-18-28(21-27)40-34)30(51-7)22-32(45)44-19-13-16-29(44)36(52-8)25(5)37(46)41-31(53(49)50)20-26-14-11-10-12-15-26/h10-12,14-15,23-25,27-31,33-36,40,53H,9,13,16-22H2,1-8H3,(H,41,46)(H,42,47)(H,49,50)/t24-,25+,27-,28+,29-,30+,31+,33-,34-,35-,36+/m0/s1. The van der Waals surface area contributed by atoms with E-state index in [-0.39, 0.29) is 48.4 Å². The monoisotopic (exact) mass is 761 g/mol. The lowest BCUT2D eigenvalue weighted by Gasteiger charge is -2.41. The molecule has 298 valence electrons. The van der Waals surface area contributed by atoms with E-state index < -0.39 is 56.0 Å². The van der Waals surface area contributed by atoms with E-state index in [4.69, 9.17) is 9.47 Å². The lowest BCUT2D eigenvalue weighted by atomic mass is 9.89. The van der Waals surface area contributed by atoms with Crippen molar-refractivity contribution in [2.45, 2.75) is 134 Å². The van der Waals surface area contributed by atoms with E-state index in [9.17, 15) is 28.6 Å². The van der Waals surface area contributed by atoms with Crippen LogP contribution in [0.15, 0.2) is 30.3 Å². The molecule has 13 nitrogen and oxygen atoms in total. The first kappa shape index (κ1) is 42.9. The fourth-order valence-electron chi connectivity index (χ4n) is 8.79. The number of amides is 4. The first-order valence-corrected chi connectivity index (χ1v) is 20.9. The van der Waals surface area contributed by atoms with Gasteiger partial charge in [-0.25, -0.2) is 0 Å². The number of nitrogens with one attached hydrogen (secondary N) is 3. The van der Waals surface area contributed by atoms with E-state index in [0.717, 1.165) is 37.7 Å². The van der Waals surface area contributed by atoms with Crippen LogP contribution in [0.25, 0.3) is 0 Å². The van der Waals surface area contributed by atoms with Crippen molar-refractivity contribution >= 4 is 31.7 Å². The highest BCUT2D eigenvalue weighted by molar-refractivity contribution is 7.38. The summed E-state index contributed by atoms with van der Waals surface area (Å²) >= 11 is 0. The number of carbonyl (C=O) groups excluding carboxylic acids is 4. The van der Waals surface area contributed by atoms with Crippen molar-refractivity contribution in [2.24, 2.45) is 23.7 Å². The summed E-state index contributed by atoms with van der Waals surface area (Å²) in [5.41, 5.74) is 0.835. The Morgan fingerprint density at radius 2 is 1.74 bits per heavy atom. The maximum Gasteiger partial charge on any atom is 0.245 e. The van der Waals surface area contributed by atoms with Crippen molar-refractivity contribution in [3.63, 3.8) is 0 Å². The number of piperidine rings is 1. The molecule has 1 unspecified atom stereocenters. The van der Waals surface area contributed by atoms with Gasteiger partial charge in [0.15, 0.2) is 0 Å². The highest BCUT2D eigenvalue weighted by Crippen LogP contribution is 2.36. The van der Waals surface area contributed by atoms with Gasteiger partial charge in [-0.05, 0) is 55.4 Å². The maximum atomic E-state index is 14.2. The Labute approximate surface area is 316 Å². The lowest BCUT2D eigenvalue weighted by molar-refractivity contribution is -0.147. The number of benzene rings is 1. The normalized spacial score (nSPS) is 25.6. The van der Waals surface area contributed by atoms with Gasteiger partial charge in [-0.15, -0.1) is 0 Å². The molecule has 1 aromatic carbocycles. The van der Waals surface area contributed by atoms with Gasteiger partial charge in [-0.3, -0.25) is 23.7 Å². The van der Waals surface area contributed by atoms with E-state index in [2.05, 4.69) is 16.0 Å². The topological polar surface area (TPSA) is 167 Å². The summed E-state index contributed by atoms with van der Waals surface area (Å²) in [5.74, 6) is -2.47. The summed E-state index contributed by atoms with van der Waals surface area (Å²) in [6.45, 7) is 10.1. The van der Waals surface area contributed by atoms with Gasteiger partial charge in [0.1, 0.15) is 11.8 Å². The van der Waals surface area contributed by atoms with Crippen molar-refractivity contribution in [2.75, 3.05) is 27.8 Å². The van der Waals surface area contributed by atoms with Gasteiger partial charge < -0.3 is 40.1 Å². The van der Waals surface area contributed by atoms with Gasteiger partial charge in [-0.1, -0.05) is 71.4 Å². The molecule has 1 aliphatic carbocycles. The van der Waals surface area contributed by atoms with Crippen LogP contribution in [0.1, 0.15) is 85.1 Å². The Kier molecular flexibility index (Phi) is 15.9. The minimum absolute atomic E-state index is 0.00996. The number of methoxy groups -OCH3 is 2. The molecule has 2 bridgehead atoms.